The van der Waals surface area contributed by atoms with Crippen LogP contribution in [0.3, 0.4) is 0 Å². The molecule has 1 fully saturated rings. The van der Waals surface area contributed by atoms with Crippen molar-refractivity contribution < 1.29 is 24.0 Å². The number of barbiturate groups is 1. The third-order valence-electron chi connectivity index (χ3n) is 5.57. The Labute approximate surface area is 200 Å². The molecule has 0 aliphatic carbocycles. The average Bonchev–Trinajstić information content (AvgIpc) is 2.83. The first kappa shape index (κ1) is 23.4. The van der Waals surface area contributed by atoms with E-state index in [0.717, 1.165) is 21.6 Å². The van der Waals surface area contributed by atoms with Gasteiger partial charge in [-0.2, -0.15) is 0 Å². The molecule has 0 atom stereocenters. The number of anilines is 1. The molecule has 1 heterocycles. The second-order valence-corrected chi connectivity index (χ2v) is 8.01. The lowest BCUT2D eigenvalue weighted by Crippen LogP contribution is -2.54. The van der Waals surface area contributed by atoms with Gasteiger partial charge in [-0.3, -0.25) is 25.0 Å². The Morgan fingerprint density at radius 1 is 0.971 bits per heavy atom. The number of carbonyl (C=O) groups excluding carboxylic acids is 3. The van der Waals surface area contributed by atoms with Gasteiger partial charge in [-0.15, -0.1) is 0 Å². The standard InChI is InChI=1S/C26H21N3O6/c1-16-6-9-21(12-17(16)2)28-25(31)23(24(30)27-26(28)32)14-19-4-3-5-22(13-19)35-15-18-7-10-20(11-8-18)29(33)34/h3-14H,15H2,1-2H3,(H,27,30,32)/b23-14+. The molecule has 9 nitrogen and oxygen atoms in total. The summed E-state index contributed by atoms with van der Waals surface area (Å²) in [7, 11) is 0. The summed E-state index contributed by atoms with van der Waals surface area (Å²) in [4.78, 5) is 49.3. The van der Waals surface area contributed by atoms with Crippen molar-refractivity contribution in [1.82, 2.24) is 5.32 Å². The Balaban J connectivity index is 1.54. The van der Waals surface area contributed by atoms with Crippen LogP contribution in [0.5, 0.6) is 5.75 Å². The molecule has 9 heteroatoms. The predicted octanol–water partition coefficient (Wildman–Crippen LogP) is 4.46. The van der Waals surface area contributed by atoms with Crippen molar-refractivity contribution in [3.8, 4) is 5.75 Å². The number of imide groups is 2. The van der Waals surface area contributed by atoms with Gasteiger partial charge < -0.3 is 4.74 Å². The number of nitrogens with one attached hydrogen (secondary N) is 1. The largest absolute Gasteiger partial charge is 0.489 e. The number of hydrogen-bond acceptors (Lipinski definition) is 6. The minimum Gasteiger partial charge on any atom is -0.489 e. The number of nitro benzene ring substituents is 1. The zero-order valence-corrected chi connectivity index (χ0v) is 19.0. The maximum Gasteiger partial charge on any atom is 0.335 e. The van der Waals surface area contributed by atoms with Crippen LogP contribution in [0, 0.1) is 24.0 Å². The topological polar surface area (TPSA) is 119 Å². The fraction of sp³-hybridized carbons (Fsp3) is 0.115. The van der Waals surface area contributed by atoms with Crippen molar-refractivity contribution in [1.29, 1.82) is 0 Å². The summed E-state index contributed by atoms with van der Waals surface area (Å²) >= 11 is 0. The van der Waals surface area contributed by atoms with E-state index in [1.54, 1.807) is 54.6 Å². The van der Waals surface area contributed by atoms with Gasteiger partial charge in [0.2, 0.25) is 0 Å². The quantitative estimate of drug-likeness (QED) is 0.245. The molecule has 176 valence electrons. The summed E-state index contributed by atoms with van der Waals surface area (Å²) in [5.41, 5.74) is 3.36. The zero-order valence-electron chi connectivity index (χ0n) is 19.0. The number of carbonyl (C=O) groups is 3. The SMILES string of the molecule is Cc1ccc(N2C(=O)NC(=O)/C(=C\c3cccc(OCc4ccc([N+](=O)[O-])cc4)c3)C2=O)cc1C. The Kier molecular flexibility index (Phi) is 6.41. The maximum absolute atomic E-state index is 13.1. The zero-order chi connectivity index (χ0) is 25.1. The highest BCUT2D eigenvalue weighted by molar-refractivity contribution is 6.39. The van der Waals surface area contributed by atoms with Crippen LogP contribution in [-0.4, -0.2) is 22.8 Å². The molecule has 4 rings (SSSR count). The van der Waals surface area contributed by atoms with Crippen LogP contribution in [0.2, 0.25) is 0 Å². The fourth-order valence-electron chi connectivity index (χ4n) is 3.50. The molecule has 1 N–H and O–H groups in total. The Morgan fingerprint density at radius 2 is 1.71 bits per heavy atom. The molecule has 4 amide bonds. The average molecular weight is 471 g/mol. The van der Waals surface area contributed by atoms with E-state index in [-0.39, 0.29) is 17.9 Å². The minimum absolute atomic E-state index is 0.00822. The van der Waals surface area contributed by atoms with Gasteiger partial charge >= 0.3 is 6.03 Å². The van der Waals surface area contributed by atoms with Crippen LogP contribution < -0.4 is 15.0 Å². The molecular formula is C26H21N3O6. The smallest absolute Gasteiger partial charge is 0.335 e. The van der Waals surface area contributed by atoms with Crippen molar-refractivity contribution in [3.05, 3.63) is 105 Å². The number of nitrogens with zero attached hydrogens (tertiary/aromatic N) is 2. The van der Waals surface area contributed by atoms with Crippen molar-refractivity contribution in [3.63, 3.8) is 0 Å². The predicted molar refractivity (Wildman–Crippen MR) is 129 cm³/mol. The van der Waals surface area contributed by atoms with Crippen molar-refractivity contribution in [2.45, 2.75) is 20.5 Å². The molecule has 0 bridgehead atoms. The van der Waals surface area contributed by atoms with Gasteiger partial charge in [-0.25, -0.2) is 9.69 Å². The number of ether oxygens (including phenoxy) is 1. The molecule has 1 saturated heterocycles. The molecule has 0 unspecified atom stereocenters. The van der Waals surface area contributed by atoms with Gasteiger partial charge in [-0.05, 0) is 78.6 Å². The van der Waals surface area contributed by atoms with E-state index >= 15 is 0 Å². The van der Waals surface area contributed by atoms with E-state index in [1.165, 1.54) is 18.2 Å². The fourth-order valence-corrected chi connectivity index (χ4v) is 3.50. The Bertz CT molecular complexity index is 1380. The van der Waals surface area contributed by atoms with Gasteiger partial charge in [0.25, 0.3) is 17.5 Å². The minimum atomic E-state index is -0.805. The van der Waals surface area contributed by atoms with Gasteiger partial charge in [0.05, 0.1) is 10.6 Å². The van der Waals surface area contributed by atoms with Crippen molar-refractivity contribution >= 4 is 35.3 Å². The number of amides is 4. The van der Waals surface area contributed by atoms with E-state index in [4.69, 9.17) is 4.74 Å². The van der Waals surface area contributed by atoms with E-state index in [9.17, 15) is 24.5 Å². The number of benzene rings is 3. The normalized spacial score (nSPS) is 14.7. The van der Waals surface area contributed by atoms with Crippen molar-refractivity contribution in [2.24, 2.45) is 0 Å². The van der Waals surface area contributed by atoms with Gasteiger partial charge in [0.15, 0.2) is 0 Å². The summed E-state index contributed by atoms with van der Waals surface area (Å²) in [5, 5.41) is 13.0. The van der Waals surface area contributed by atoms with E-state index in [0.29, 0.717) is 17.0 Å². The van der Waals surface area contributed by atoms with Crippen LogP contribution in [0.1, 0.15) is 22.3 Å². The number of hydrogen-bond donors (Lipinski definition) is 1. The summed E-state index contributed by atoms with van der Waals surface area (Å²) < 4.78 is 5.76. The molecule has 0 aromatic heterocycles. The lowest BCUT2D eigenvalue weighted by Gasteiger charge is -2.26. The number of urea groups is 1. The maximum atomic E-state index is 13.1. The highest BCUT2D eigenvalue weighted by Crippen LogP contribution is 2.25. The molecule has 1 aliphatic rings. The van der Waals surface area contributed by atoms with Crippen LogP contribution in [-0.2, 0) is 16.2 Å². The molecule has 1 aliphatic heterocycles. The number of rotatable bonds is 6. The molecular weight excluding hydrogens is 450 g/mol. The number of non-ortho nitro benzene ring substituents is 1. The number of aryl methyl sites for hydroxylation is 2. The van der Waals surface area contributed by atoms with E-state index in [2.05, 4.69) is 5.32 Å². The third-order valence-corrected chi connectivity index (χ3v) is 5.57. The molecule has 0 radical (unpaired) electrons. The number of nitro groups is 1. The van der Waals surface area contributed by atoms with E-state index < -0.39 is 22.8 Å². The second-order valence-electron chi connectivity index (χ2n) is 8.01. The molecule has 0 saturated carbocycles. The van der Waals surface area contributed by atoms with Gasteiger partial charge in [0, 0.05) is 12.1 Å². The summed E-state index contributed by atoms with van der Waals surface area (Å²) in [6.45, 7) is 3.96. The Hall–Kier alpha value is -4.79. The lowest BCUT2D eigenvalue weighted by atomic mass is 10.0. The van der Waals surface area contributed by atoms with E-state index in [1.807, 2.05) is 13.8 Å². The van der Waals surface area contributed by atoms with Gasteiger partial charge in [-0.1, -0.05) is 18.2 Å². The highest BCUT2D eigenvalue weighted by Gasteiger charge is 2.36. The lowest BCUT2D eigenvalue weighted by molar-refractivity contribution is -0.384. The van der Waals surface area contributed by atoms with Crippen LogP contribution in [0.25, 0.3) is 6.08 Å². The summed E-state index contributed by atoms with van der Waals surface area (Å²) in [6.07, 6.45) is 1.40. The first-order valence-corrected chi connectivity index (χ1v) is 10.7. The molecule has 0 spiro atoms. The van der Waals surface area contributed by atoms with Crippen LogP contribution in [0.4, 0.5) is 16.2 Å². The highest BCUT2D eigenvalue weighted by atomic mass is 16.6. The summed E-state index contributed by atoms with van der Waals surface area (Å²) in [5.74, 6) is -1.03. The van der Waals surface area contributed by atoms with Crippen LogP contribution >= 0.6 is 0 Å². The summed E-state index contributed by atoms with van der Waals surface area (Å²) in [6, 6.07) is 17.1. The molecule has 35 heavy (non-hydrogen) atoms. The molecule has 3 aromatic carbocycles. The second kappa shape index (κ2) is 9.60. The monoisotopic (exact) mass is 471 g/mol. The first-order chi connectivity index (χ1) is 16.7. The van der Waals surface area contributed by atoms with Crippen LogP contribution in [0.15, 0.2) is 72.3 Å². The van der Waals surface area contributed by atoms with Crippen molar-refractivity contribution in [2.75, 3.05) is 4.90 Å². The first-order valence-electron chi connectivity index (χ1n) is 10.7. The third kappa shape index (κ3) is 5.09. The van der Waals surface area contributed by atoms with Gasteiger partial charge in [0.1, 0.15) is 17.9 Å². The Morgan fingerprint density at radius 3 is 2.40 bits per heavy atom. The molecule has 3 aromatic rings.